The van der Waals surface area contributed by atoms with Crippen LogP contribution in [0.4, 0.5) is 0 Å². The van der Waals surface area contributed by atoms with Gasteiger partial charge in [0, 0.05) is 12.6 Å². The Hall–Kier alpha value is -0.610. The summed E-state index contributed by atoms with van der Waals surface area (Å²) < 4.78 is 0. The van der Waals surface area contributed by atoms with Crippen LogP contribution in [0, 0.1) is 0 Å². The van der Waals surface area contributed by atoms with Gasteiger partial charge < -0.3 is 10.8 Å². The molecular formula is C6H12N2O2. The smallest absolute Gasteiger partial charge is 0.322 e. The number of aliphatic carboxylic acids is 1. The summed E-state index contributed by atoms with van der Waals surface area (Å²) in [7, 11) is 1.78. The summed E-state index contributed by atoms with van der Waals surface area (Å²) in [5.41, 5.74) is 5.55. The normalized spacial score (nSPS) is 34.6. The van der Waals surface area contributed by atoms with Gasteiger partial charge in [-0.25, -0.2) is 0 Å². The van der Waals surface area contributed by atoms with Crippen LogP contribution < -0.4 is 5.73 Å². The molecule has 3 N–H and O–H groups in total. The van der Waals surface area contributed by atoms with Gasteiger partial charge in [0.15, 0.2) is 0 Å². The third-order valence-corrected chi connectivity index (χ3v) is 1.95. The fourth-order valence-electron chi connectivity index (χ4n) is 1.35. The fraction of sp³-hybridized carbons (Fsp3) is 0.833. The van der Waals surface area contributed by atoms with Gasteiger partial charge in [0.1, 0.15) is 6.04 Å². The number of likely N-dealkylation sites (N-methyl/N-ethyl adjacent to an activating group) is 1. The number of nitrogens with two attached hydrogens (primary N) is 1. The Kier molecular flexibility index (Phi) is 1.92. The maximum absolute atomic E-state index is 10.5. The Labute approximate surface area is 59.6 Å². The van der Waals surface area contributed by atoms with Gasteiger partial charge in [-0.15, -0.1) is 0 Å². The Morgan fingerprint density at radius 1 is 1.80 bits per heavy atom. The Balaban J connectivity index is 2.63. The summed E-state index contributed by atoms with van der Waals surface area (Å²) in [5, 5.41) is 8.63. The highest BCUT2D eigenvalue weighted by atomic mass is 16.4. The van der Waals surface area contributed by atoms with Crippen LogP contribution in [0.3, 0.4) is 0 Å². The van der Waals surface area contributed by atoms with E-state index in [1.807, 2.05) is 0 Å². The molecule has 0 spiro atoms. The molecule has 0 aromatic carbocycles. The van der Waals surface area contributed by atoms with Crippen molar-refractivity contribution in [1.82, 2.24) is 4.90 Å². The fourth-order valence-corrected chi connectivity index (χ4v) is 1.35. The van der Waals surface area contributed by atoms with Crippen molar-refractivity contribution in [2.24, 2.45) is 5.73 Å². The molecule has 4 heteroatoms. The Morgan fingerprint density at radius 2 is 2.40 bits per heavy atom. The van der Waals surface area contributed by atoms with Crippen LogP contribution in [0.5, 0.6) is 0 Å². The predicted octanol–water partition coefficient (Wildman–Crippen LogP) is -0.898. The van der Waals surface area contributed by atoms with Crippen molar-refractivity contribution in [3.63, 3.8) is 0 Å². The summed E-state index contributed by atoms with van der Waals surface area (Å²) in [5.74, 6) is -0.812. The third-order valence-electron chi connectivity index (χ3n) is 1.95. The van der Waals surface area contributed by atoms with Gasteiger partial charge in [-0.05, 0) is 13.5 Å². The highest BCUT2D eigenvalue weighted by molar-refractivity contribution is 5.74. The van der Waals surface area contributed by atoms with E-state index in [0.717, 1.165) is 13.0 Å². The molecule has 4 nitrogen and oxygen atoms in total. The lowest BCUT2D eigenvalue weighted by atomic mass is 10.1. The van der Waals surface area contributed by atoms with Gasteiger partial charge in [-0.3, -0.25) is 9.69 Å². The average molecular weight is 144 g/mol. The summed E-state index contributed by atoms with van der Waals surface area (Å²) in [6.07, 6.45) is 0.785. The van der Waals surface area contributed by atoms with Crippen LogP contribution in [0.15, 0.2) is 0 Å². The number of rotatable bonds is 1. The van der Waals surface area contributed by atoms with E-state index in [-0.39, 0.29) is 6.04 Å². The number of hydrogen-bond donors (Lipinski definition) is 2. The van der Waals surface area contributed by atoms with Crippen molar-refractivity contribution in [2.45, 2.75) is 18.5 Å². The van der Waals surface area contributed by atoms with E-state index in [1.165, 1.54) is 0 Å². The average Bonchev–Trinajstić information content (AvgIpc) is 2.11. The minimum atomic E-state index is -0.812. The second kappa shape index (κ2) is 2.56. The minimum absolute atomic E-state index is 0.192. The molecule has 0 aromatic rings. The molecule has 1 heterocycles. The number of carbonyl (C=O) groups is 1. The van der Waals surface area contributed by atoms with E-state index in [1.54, 1.807) is 11.9 Å². The zero-order chi connectivity index (χ0) is 7.72. The Bertz CT molecular complexity index is 139. The highest BCUT2D eigenvalue weighted by Crippen LogP contribution is 2.13. The molecule has 1 saturated heterocycles. The van der Waals surface area contributed by atoms with Gasteiger partial charge in [0.25, 0.3) is 0 Å². The molecule has 58 valence electrons. The van der Waals surface area contributed by atoms with E-state index in [0.29, 0.717) is 0 Å². The SMILES string of the molecule is CN1CCC(N)C1C(=O)O. The summed E-state index contributed by atoms with van der Waals surface area (Å²) in [6, 6.07) is -0.664. The number of carboxylic acids is 1. The second-order valence-electron chi connectivity index (χ2n) is 2.72. The molecule has 1 fully saturated rings. The van der Waals surface area contributed by atoms with Gasteiger partial charge in [-0.1, -0.05) is 0 Å². The number of likely N-dealkylation sites (tertiary alicyclic amines) is 1. The molecule has 0 bridgehead atoms. The molecule has 1 rings (SSSR count). The van der Waals surface area contributed by atoms with Crippen molar-refractivity contribution in [1.29, 1.82) is 0 Å². The van der Waals surface area contributed by atoms with Gasteiger partial charge in [0.05, 0.1) is 0 Å². The zero-order valence-electron chi connectivity index (χ0n) is 5.95. The van der Waals surface area contributed by atoms with Crippen LogP contribution in [0.1, 0.15) is 6.42 Å². The molecule has 2 unspecified atom stereocenters. The van der Waals surface area contributed by atoms with E-state index < -0.39 is 12.0 Å². The molecule has 0 saturated carbocycles. The van der Waals surface area contributed by atoms with Crippen molar-refractivity contribution in [3.05, 3.63) is 0 Å². The first-order valence-electron chi connectivity index (χ1n) is 3.31. The van der Waals surface area contributed by atoms with E-state index >= 15 is 0 Å². The van der Waals surface area contributed by atoms with Crippen LogP contribution in [0.25, 0.3) is 0 Å². The second-order valence-corrected chi connectivity index (χ2v) is 2.72. The Morgan fingerprint density at radius 3 is 2.60 bits per heavy atom. The third kappa shape index (κ3) is 1.12. The highest BCUT2D eigenvalue weighted by Gasteiger charge is 2.34. The lowest BCUT2D eigenvalue weighted by molar-refractivity contribution is -0.142. The van der Waals surface area contributed by atoms with Crippen LogP contribution in [-0.4, -0.2) is 41.7 Å². The monoisotopic (exact) mass is 144 g/mol. The summed E-state index contributed by atoms with van der Waals surface area (Å²) >= 11 is 0. The molecule has 0 aliphatic carbocycles. The number of carboxylic acid groups (broad SMARTS) is 1. The number of nitrogens with zero attached hydrogens (tertiary/aromatic N) is 1. The topological polar surface area (TPSA) is 66.6 Å². The van der Waals surface area contributed by atoms with Gasteiger partial charge in [0.2, 0.25) is 0 Å². The van der Waals surface area contributed by atoms with Gasteiger partial charge in [-0.2, -0.15) is 0 Å². The van der Waals surface area contributed by atoms with Crippen LogP contribution in [0.2, 0.25) is 0 Å². The van der Waals surface area contributed by atoms with E-state index in [9.17, 15) is 4.79 Å². The summed E-state index contributed by atoms with van der Waals surface area (Å²) in [4.78, 5) is 12.3. The van der Waals surface area contributed by atoms with Crippen LogP contribution >= 0.6 is 0 Å². The molecule has 0 aromatic heterocycles. The quantitative estimate of drug-likeness (QED) is 0.500. The molecule has 0 radical (unpaired) electrons. The van der Waals surface area contributed by atoms with Crippen LogP contribution in [-0.2, 0) is 4.79 Å². The molecule has 0 amide bonds. The number of hydrogen-bond acceptors (Lipinski definition) is 3. The molecular weight excluding hydrogens is 132 g/mol. The first-order valence-corrected chi connectivity index (χ1v) is 3.31. The van der Waals surface area contributed by atoms with E-state index in [2.05, 4.69) is 0 Å². The molecule has 1 aliphatic heterocycles. The maximum Gasteiger partial charge on any atom is 0.322 e. The predicted molar refractivity (Wildman–Crippen MR) is 36.6 cm³/mol. The lowest BCUT2D eigenvalue weighted by Gasteiger charge is -2.16. The molecule has 2 atom stereocenters. The van der Waals surface area contributed by atoms with Gasteiger partial charge >= 0.3 is 5.97 Å². The zero-order valence-corrected chi connectivity index (χ0v) is 5.95. The van der Waals surface area contributed by atoms with Crippen molar-refractivity contribution in [2.75, 3.05) is 13.6 Å². The lowest BCUT2D eigenvalue weighted by Crippen LogP contribution is -2.43. The van der Waals surface area contributed by atoms with Crippen molar-refractivity contribution >= 4 is 5.97 Å². The van der Waals surface area contributed by atoms with Crippen molar-refractivity contribution < 1.29 is 9.90 Å². The first-order chi connectivity index (χ1) is 4.63. The summed E-state index contributed by atoms with van der Waals surface area (Å²) in [6.45, 7) is 0.790. The molecule has 10 heavy (non-hydrogen) atoms. The largest absolute Gasteiger partial charge is 0.480 e. The maximum atomic E-state index is 10.5. The minimum Gasteiger partial charge on any atom is -0.480 e. The van der Waals surface area contributed by atoms with E-state index in [4.69, 9.17) is 10.8 Å². The standard InChI is InChI=1S/C6H12N2O2/c1-8-3-2-4(7)5(8)6(9)10/h4-5H,2-3,7H2,1H3,(H,9,10). The first kappa shape index (κ1) is 7.50. The van der Waals surface area contributed by atoms with Crippen molar-refractivity contribution in [3.8, 4) is 0 Å². The molecule has 1 aliphatic rings.